The molecule has 0 saturated carbocycles. The molecule has 2 nitrogen and oxygen atoms in total. The van der Waals surface area contributed by atoms with Crippen molar-refractivity contribution in [3.63, 3.8) is 0 Å². The first-order valence-corrected chi connectivity index (χ1v) is 12.2. The molecule has 0 spiro atoms. The van der Waals surface area contributed by atoms with Crippen LogP contribution in [0.5, 0.6) is 5.75 Å². The van der Waals surface area contributed by atoms with E-state index in [-0.39, 0.29) is 0 Å². The third-order valence-corrected chi connectivity index (χ3v) is 6.75. The van der Waals surface area contributed by atoms with E-state index in [9.17, 15) is 5.11 Å². The van der Waals surface area contributed by atoms with Gasteiger partial charge in [-0.2, -0.15) is 0 Å². The van der Waals surface area contributed by atoms with Gasteiger partial charge in [-0.25, -0.2) is 0 Å². The lowest BCUT2D eigenvalue weighted by molar-refractivity contribution is 0.221. The van der Waals surface area contributed by atoms with E-state index in [4.69, 9.17) is 4.74 Å². The molecule has 0 fully saturated rings. The number of benzene rings is 6. The lowest BCUT2D eigenvalue weighted by Gasteiger charge is -2.22. The molecule has 0 saturated heterocycles. The van der Waals surface area contributed by atoms with Gasteiger partial charge >= 0.3 is 0 Å². The lowest BCUT2D eigenvalue weighted by atomic mass is 9.86. The minimum Gasteiger partial charge on any atom is -0.488 e. The molecule has 0 aliphatic carbocycles. The highest BCUT2D eigenvalue weighted by molar-refractivity contribution is 6.09. The van der Waals surface area contributed by atoms with Crippen molar-refractivity contribution >= 4 is 21.5 Å². The second kappa shape index (κ2) is 9.69. The molecule has 6 rings (SSSR count). The second-order valence-corrected chi connectivity index (χ2v) is 9.00. The minimum absolute atomic E-state index is 0.466. The summed E-state index contributed by atoms with van der Waals surface area (Å²) in [6, 6.07) is 45.1. The van der Waals surface area contributed by atoms with Crippen LogP contribution in [0.25, 0.3) is 32.7 Å². The molecule has 2 heteroatoms. The average molecular weight is 467 g/mol. The van der Waals surface area contributed by atoms with Gasteiger partial charge in [0.2, 0.25) is 0 Å². The van der Waals surface area contributed by atoms with Gasteiger partial charge in [0.25, 0.3) is 0 Å². The third-order valence-electron chi connectivity index (χ3n) is 6.75. The van der Waals surface area contributed by atoms with Crippen molar-refractivity contribution in [2.75, 3.05) is 0 Å². The molecule has 0 bridgehead atoms. The van der Waals surface area contributed by atoms with Gasteiger partial charge < -0.3 is 9.84 Å². The summed E-state index contributed by atoms with van der Waals surface area (Å²) in [5.41, 5.74) is 4.84. The standard InChI is InChI=1S/C34H26O2/c35-34(27-15-5-2-6-16-27)30-21-19-25-13-7-9-17-28(25)32(30)33-29-18-10-8-14-26(29)20-22-31(33)36-23-24-11-3-1-4-12-24/h1-22,34-35H,23H2/t34-/m1/s1. The van der Waals surface area contributed by atoms with Crippen LogP contribution in [0.15, 0.2) is 133 Å². The van der Waals surface area contributed by atoms with Gasteiger partial charge in [0.05, 0.1) is 0 Å². The Morgan fingerprint density at radius 3 is 1.78 bits per heavy atom. The predicted octanol–water partition coefficient (Wildman–Crippen LogP) is 8.32. The van der Waals surface area contributed by atoms with Crippen LogP contribution in [0.1, 0.15) is 22.8 Å². The maximum Gasteiger partial charge on any atom is 0.128 e. The second-order valence-electron chi connectivity index (χ2n) is 9.00. The van der Waals surface area contributed by atoms with Gasteiger partial charge in [-0.05, 0) is 49.9 Å². The van der Waals surface area contributed by atoms with Crippen molar-refractivity contribution in [3.05, 3.63) is 150 Å². The molecule has 0 aliphatic heterocycles. The first-order valence-electron chi connectivity index (χ1n) is 12.2. The van der Waals surface area contributed by atoms with E-state index in [1.165, 1.54) is 0 Å². The van der Waals surface area contributed by atoms with E-state index in [1.54, 1.807) is 0 Å². The van der Waals surface area contributed by atoms with E-state index in [0.29, 0.717) is 6.61 Å². The zero-order chi connectivity index (χ0) is 24.3. The largest absolute Gasteiger partial charge is 0.488 e. The highest BCUT2D eigenvalue weighted by Gasteiger charge is 2.22. The lowest BCUT2D eigenvalue weighted by Crippen LogP contribution is -2.04. The monoisotopic (exact) mass is 466 g/mol. The summed E-state index contributed by atoms with van der Waals surface area (Å²) in [4.78, 5) is 0. The number of hydrogen-bond donors (Lipinski definition) is 1. The van der Waals surface area contributed by atoms with Gasteiger partial charge in [0.15, 0.2) is 0 Å². The Morgan fingerprint density at radius 2 is 1.08 bits per heavy atom. The number of hydrogen-bond acceptors (Lipinski definition) is 2. The Balaban J connectivity index is 1.62. The summed E-state index contributed by atoms with van der Waals surface area (Å²) in [6.45, 7) is 0.466. The van der Waals surface area contributed by atoms with Crippen LogP contribution in [-0.4, -0.2) is 5.11 Å². The Kier molecular flexibility index (Phi) is 5.95. The van der Waals surface area contributed by atoms with Gasteiger partial charge in [0.1, 0.15) is 18.5 Å². The smallest absolute Gasteiger partial charge is 0.128 e. The van der Waals surface area contributed by atoms with Crippen molar-refractivity contribution in [3.8, 4) is 16.9 Å². The molecule has 0 heterocycles. The number of rotatable bonds is 6. The van der Waals surface area contributed by atoms with Crippen LogP contribution in [0, 0.1) is 0 Å². The zero-order valence-corrected chi connectivity index (χ0v) is 19.8. The van der Waals surface area contributed by atoms with Crippen LogP contribution in [0.2, 0.25) is 0 Å². The fourth-order valence-electron chi connectivity index (χ4n) is 4.98. The molecule has 6 aromatic rings. The third kappa shape index (κ3) is 4.13. The van der Waals surface area contributed by atoms with Crippen LogP contribution < -0.4 is 4.74 Å². The Hall–Kier alpha value is -4.40. The summed E-state index contributed by atoms with van der Waals surface area (Å²) in [5, 5.41) is 16.1. The van der Waals surface area contributed by atoms with Crippen LogP contribution in [-0.2, 0) is 6.61 Å². The molecule has 0 amide bonds. The minimum atomic E-state index is -0.772. The molecule has 1 N–H and O–H groups in total. The average Bonchev–Trinajstić information content (AvgIpc) is 2.96. The molecule has 0 aromatic heterocycles. The summed E-state index contributed by atoms with van der Waals surface area (Å²) < 4.78 is 6.49. The van der Waals surface area contributed by atoms with Crippen molar-refractivity contribution < 1.29 is 9.84 Å². The summed E-state index contributed by atoms with van der Waals surface area (Å²) >= 11 is 0. The van der Waals surface area contributed by atoms with E-state index in [1.807, 2.05) is 48.5 Å². The zero-order valence-electron chi connectivity index (χ0n) is 19.8. The maximum absolute atomic E-state index is 11.6. The molecular weight excluding hydrogens is 440 g/mol. The highest BCUT2D eigenvalue weighted by Crippen LogP contribution is 2.45. The number of fused-ring (bicyclic) bond motifs is 2. The molecule has 1 atom stereocenters. The Labute approximate surface area is 211 Å². The number of aliphatic hydroxyl groups is 1. The van der Waals surface area contributed by atoms with E-state index < -0.39 is 6.10 Å². The van der Waals surface area contributed by atoms with Gasteiger partial charge in [-0.1, -0.05) is 127 Å². The quantitative estimate of drug-likeness (QED) is 0.267. The van der Waals surface area contributed by atoms with Crippen LogP contribution in [0.4, 0.5) is 0 Å². The van der Waals surface area contributed by atoms with Gasteiger partial charge in [-0.15, -0.1) is 0 Å². The highest BCUT2D eigenvalue weighted by atomic mass is 16.5. The van der Waals surface area contributed by atoms with Crippen LogP contribution in [0.3, 0.4) is 0 Å². The molecule has 6 aromatic carbocycles. The van der Waals surface area contributed by atoms with Gasteiger partial charge in [0, 0.05) is 5.56 Å². The van der Waals surface area contributed by atoms with Crippen molar-refractivity contribution in [1.29, 1.82) is 0 Å². The number of ether oxygens (including phenoxy) is 1. The molecule has 36 heavy (non-hydrogen) atoms. The van der Waals surface area contributed by atoms with Crippen molar-refractivity contribution in [2.24, 2.45) is 0 Å². The van der Waals surface area contributed by atoms with Crippen LogP contribution >= 0.6 is 0 Å². The van der Waals surface area contributed by atoms with Crippen molar-refractivity contribution in [1.82, 2.24) is 0 Å². The Morgan fingerprint density at radius 1 is 0.528 bits per heavy atom. The van der Waals surface area contributed by atoms with Gasteiger partial charge in [-0.3, -0.25) is 0 Å². The SMILES string of the molecule is O[C@H](c1ccccc1)c1ccc2ccccc2c1-c1c(OCc2ccccc2)ccc2ccccc12. The fraction of sp³-hybridized carbons (Fsp3) is 0.0588. The maximum atomic E-state index is 11.6. The molecule has 0 aliphatic rings. The Bertz CT molecular complexity index is 1640. The summed E-state index contributed by atoms with van der Waals surface area (Å²) in [5.74, 6) is 0.801. The molecule has 0 radical (unpaired) electrons. The summed E-state index contributed by atoms with van der Waals surface area (Å²) in [7, 11) is 0. The number of aliphatic hydroxyl groups excluding tert-OH is 1. The topological polar surface area (TPSA) is 29.5 Å². The predicted molar refractivity (Wildman–Crippen MR) is 148 cm³/mol. The van der Waals surface area contributed by atoms with E-state index in [2.05, 4.69) is 84.9 Å². The first-order chi connectivity index (χ1) is 17.8. The molecular formula is C34H26O2. The molecule has 174 valence electrons. The molecule has 0 unspecified atom stereocenters. The normalized spacial score (nSPS) is 12.0. The first kappa shape index (κ1) is 22.1. The fourth-order valence-corrected chi connectivity index (χ4v) is 4.98. The van der Waals surface area contributed by atoms with E-state index >= 15 is 0 Å². The summed E-state index contributed by atoms with van der Waals surface area (Å²) in [6.07, 6.45) is -0.772. The van der Waals surface area contributed by atoms with E-state index in [0.717, 1.165) is 55.1 Å². The van der Waals surface area contributed by atoms with Crippen molar-refractivity contribution in [2.45, 2.75) is 12.7 Å².